The van der Waals surface area contributed by atoms with Crippen LogP contribution in [0.2, 0.25) is 0 Å². The van der Waals surface area contributed by atoms with E-state index in [1.54, 1.807) is 18.7 Å². The minimum absolute atomic E-state index is 0.0548. The van der Waals surface area contributed by atoms with Gasteiger partial charge in [0, 0.05) is 6.54 Å². The first-order valence-corrected chi connectivity index (χ1v) is 7.18. The first kappa shape index (κ1) is 15.5. The van der Waals surface area contributed by atoms with Crippen molar-refractivity contribution in [2.24, 2.45) is 0 Å². The van der Waals surface area contributed by atoms with E-state index in [1.807, 2.05) is 20.8 Å². The van der Waals surface area contributed by atoms with Crippen LogP contribution in [0.25, 0.3) is 0 Å². The van der Waals surface area contributed by atoms with E-state index in [0.717, 1.165) is 6.42 Å². The standard InChI is InChI=1S/C13H22BrNO3/c1-9(14)10(16)15-8-6-7-13(15,5)11(17)18-12(2,3)4/h9H,6-8H2,1-5H3/t9?,13-/m1/s1. The normalized spacial score (nSPS) is 26.0. The van der Waals surface area contributed by atoms with Crippen LogP contribution < -0.4 is 0 Å². The lowest BCUT2D eigenvalue weighted by atomic mass is 9.98. The second kappa shape index (κ2) is 5.19. The van der Waals surface area contributed by atoms with Crippen LogP contribution in [0.3, 0.4) is 0 Å². The van der Waals surface area contributed by atoms with Crippen LogP contribution in [-0.4, -0.2) is 39.3 Å². The number of nitrogens with zero attached hydrogens (tertiary/aromatic N) is 1. The lowest BCUT2D eigenvalue weighted by Crippen LogP contribution is -2.54. The van der Waals surface area contributed by atoms with Crippen molar-refractivity contribution in [2.75, 3.05) is 6.54 Å². The van der Waals surface area contributed by atoms with Crippen LogP contribution >= 0.6 is 15.9 Å². The van der Waals surface area contributed by atoms with Crippen molar-refractivity contribution < 1.29 is 14.3 Å². The molecule has 5 heteroatoms. The Bertz CT molecular complexity index is 349. The number of alkyl halides is 1. The summed E-state index contributed by atoms with van der Waals surface area (Å²) in [5.41, 5.74) is -1.36. The topological polar surface area (TPSA) is 46.6 Å². The molecule has 18 heavy (non-hydrogen) atoms. The highest BCUT2D eigenvalue weighted by Crippen LogP contribution is 2.32. The van der Waals surface area contributed by atoms with Gasteiger partial charge in [-0.15, -0.1) is 0 Å². The summed E-state index contributed by atoms with van der Waals surface area (Å²) in [6.45, 7) is 9.69. The molecule has 0 bridgehead atoms. The molecule has 1 rings (SSSR count). The molecule has 0 radical (unpaired) electrons. The first-order valence-electron chi connectivity index (χ1n) is 6.27. The maximum absolute atomic E-state index is 12.3. The van der Waals surface area contributed by atoms with Gasteiger partial charge in [-0.05, 0) is 47.5 Å². The number of carbonyl (C=O) groups excluding carboxylic acids is 2. The Balaban J connectivity index is 2.89. The molecule has 1 heterocycles. The van der Waals surface area contributed by atoms with Gasteiger partial charge < -0.3 is 9.64 Å². The highest BCUT2D eigenvalue weighted by molar-refractivity contribution is 9.10. The quantitative estimate of drug-likeness (QED) is 0.580. The lowest BCUT2D eigenvalue weighted by molar-refractivity contribution is -0.170. The van der Waals surface area contributed by atoms with Crippen molar-refractivity contribution in [1.29, 1.82) is 0 Å². The summed E-state index contributed by atoms with van der Waals surface area (Å²) in [7, 11) is 0. The van der Waals surface area contributed by atoms with Gasteiger partial charge in [0.25, 0.3) is 0 Å². The molecule has 1 saturated heterocycles. The third kappa shape index (κ3) is 3.25. The summed E-state index contributed by atoms with van der Waals surface area (Å²) in [5.74, 6) is -0.366. The van der Waals surface area contributed by atoms with Crippen molar-refractivity contribution in [3.8, 4) is 0 Å². The van der Waals surface area contributed by atoms with Crippen molar-refractivity contribution in [3.63, 3.8) is 0 Å². The minimum atomic E-state index is -0.827. The average Bonchev–Trinajstić information content (AvgIpc) is 2.58. The van der Waals surface area contributed by atoms with Gasteiger partial charge in [-0.2, -0.15) is 0 Å². The largest absolute Gasteiger partial charge is 0.458 e. The molecule has 104 valence electrons. The van der Waals surface area contributed by atoms with Gasteiger partial charge in [-0.3, -0.25) is 4.79 Å². The highest BCUT2D eigenvalue weighted by Gasteiger charge is 2.48. The molecular formula is C13H22BrNO3. The van der Waals surface area contributed by atoms with Gasteiger partial charge in [0.05, 0.1) is 4.83 Å². The summed E-state index contributed by atoms with van der Waals surface area (Å²) >= 11 is 3.27. The Kier molecular flexibility index (Phi) is 4.47. The van der Waals surface area contributed by atoms with Gasteiger partial charge in [0.2, 0.25) is 5.91 Å². The zero-order chi connectivity index (χ0) is 14.1. The van der Waals surface area contributed by atoms with Gasteiger partial charge in [-0.25, -0.2) is 4.79 Å². The van der Waals surface area contributed by atoms with E-state index in [4.69, 9.17) is 4.74 Å². The lowest BCUT2D eigenvalue weighted by Gasteiger charge is -2.36. The molecule has 0 aliphatic carbocycles. The predicted molar refractivity (Wildman–Crippen MR) is 73.6 cm³/mol. The summed E-state index contributed by atoms with van der Waals surface area (Å²) in [4.78, 5) is 25.7. The molecule has 4 nitrogen and oxygen atoms in total. The monoisotopic (exact) mass is 319 g/mol. The van der Waals surface area contributed by atoms with Gasteiger partial charge in [-0.1, -0.05) is 15.9 Å². The van der Waals surface area contributed by atoms with E-state index in [2.05, 4.69) is 15.9 Å². The molecule has 0 N–H and O–H groups in total. The average molecular weight is 320 g/mol. The fourth-order valence-electron chi connectivity index (χ4n) is 2.13. The number of halogens is 1. The molecule has 1 aliphatic rings. The highest BCUT2D eigenvalue weighted by atomic mass is 79.9. The predicted octanol–water partition coefficient (Wildman–Crippen LogP) is 2.49. The number of likely N-dealkylation sites (tertiary alicyclic amines) is 1. The van der Waals surface area contributed by atoms with E-state index in [0.29, 0.717) is 13.0 Å². The van der Waals surface area contributed by atoms with Crippen LogP contribution in [0.4, 0.5) is 0 Å². The molecular weight excluding hydrogens is 298 g/mol. The number of hydrogen-bond acceptors (Lipinski definition) is 3. The smallest absolute Gasteiger partial charge is 0.332 e. The molecule has 0 spiro atoms. The SMILES string of the molecule is CC(Br)C(=O)N1CCC[C@]1(C)C(=O)OC(C)(C)C. The van der Waals surface area contributed by atoms with E-state index in [-0.39, 0.29) is 16.7 Å². The molecule has 0 aromatic rings. The maximum atomic E-state index is 12.3. The fraction of sp³-hybridized carbons (Fsp3) is 0.846. The third-order valence-electron chi connectivity index (χ3n) is 3.09. The van der Waals surface area contributed by atoms with Crippen LogP contribution in [-0.2, 0) is 14.3 Å². The van der Waals surface area contributed by atoms with Crippen molar-refractivity contribution in [2.45, 2.75) is 63.4 Å². The Morgan fingerprint density at radius 1 is 1.39 bits per heavy atom. The minimum Gasteiger partial charge on any atom is -0.458 e. The number of hydrogen-bond donors (Lipinski definition) is 0. The number of ether oxygens (including phenoxy) is 1. The summed E-state index contributed by atoms with van der Waals surface area (Å²) < 4.78 is 5.44. The fourth-order valence-corrected chi connectivity index (χ4v) is 2.38. The summed E-state index contributed by atoms with van der Waals surface area (Å²) in [6.07, 6.45) is 1.49. The number of rotatable bonds is 2. The zero-order valence-corrected chi connectivity index (χ0v) is 13.3. The molecule has 2 atom stereocenters. The number of carbonyl (C=O) groups is 2. The van der Waals surface area contributed by atoms with Gasteiger partial charge in [0.1, 0.15) is 11.1 Å². The van der Waals surface area contributed by atoms with Gasteiger partial charge >= 0.3 is 5.97 Å². The Morgan fingerprint density at radius 2 is 1.94 bits per heavy atom. The molecule has 1 fully saturated rings. The number of amides is 1. The van der Waals surface area contributed by atoms with Crippen LogP contribution in [0.5, 0.6) is 0 Å². The molecule has 0 aromatic heterocycles. The molecule has 1 aliphatic heterocycles. The van der Waals surface area contributed by atoms with Crippen LogP contribution in [0.15, 0.2) is 0 Å². The Hall–Kier alpha value is -0.580. The summed E-state index contributed by atoms with van der Waals surface area (Å²) in [6, 6.07) is 0. The van der Waals surface area contributed by atoms with E-state index >= 15 is 0 Å². The summed E-state index contributed by atoms with van der Waals surface area (Å²) in [5, 5.41) is 0. The van der Waals surface area contributed by atoms with Crippen molar-refractivity contribution in [1.82, 2.24) is 4.90 Å². The molecule has 1 amide bonds. The van der Waals surface area contributed by atoms with E-state index < -0.39 is 11.1 Å². The molecule has 0 saturated carbocycles. The Morgan fingerprint density at radius 3 is 2.39 bits per heavy atom. The van der Waals surface area contributed by atoms with Crippen molar-refractivity contribution >= 4 is 27.8 Å². The van der Waals surface area contributed by atoms with Crippen molar-refractivity contribution in [3.05, 3.63) is 0 Å². The second-order valence-corrected chi connectivity index (χ2v) is 7.36. The molecule has 1 unspecified atom stereocenters. The first-order chi connectivity index (χ1) is 8.08. The van der Waals surface area contributed by atoms with E-state index in [9.17, 15) is 9.59 Å². The zero-order valence-electron chi connectivity index (χ0n) is 11.7. The maximum Gasteiger partial charge on any atom is 0.332 e. The second-order valence-electron chi connectivity index (χ2n) is 5.99. The van der Waals surface area contributed by atoms with Crippen LogP contribution in [0.1, 0.15) is 47.5 Å². The van der Waals surface area contributed by atoms with E-state index in [1.165, 1.54) is 0 Å². The Labute approximate surface area is 117 Å². The van der Waals surface area contributed by atoms with Gasteiger partial charge in [0.15, 0.2) is 0 Å². The molecule has 0 aromatic carbocycles. The van der Waals surface area contributed by atoms with Crippen LogP contribution in [0, 0.1) is 0 Å². The third-order valence-corrected chi connectivity index (χ3v) is 3.48. The number of esters is 1.